The van der Waals surface area contributed by atoms with Crippen LogP contribution in [0.2, 0.25) is 0 Å². The minimum absolute atomic E-state index is 0.0956. The number of nitrogens with one attached hydrogen (secondary N) is 1. The Morgan fingerprint density at radius 2 is 2.15 bits per heavy atom. The van der Waals surface area contributed by atoms with E-state index in [2.05, 4.69) is 5.32 Å². The van der Waals surface area contributed by atoms with E-state index in [-0.39, 0.29) is 6.54 Å². The zero-order valence-corrected chi connectivity index (χ0v) is 8.16. The number of hydrogen-bond donors (Lipinski definition) is 2. The predicted octanol–water partition coefficient (Wildman–Crippen LogP) is 0.0373. The molecular formula is C8H16N2O3. The Morgan fingerprint density at radius 1 is 1.62 bits per heavy atom. The zero-order valence-electron chi connectivity index (χ0n) is 8.16. The van der Waals surface area contributed by atoms with Gasteiger partial charge in [0.05, 0.1) is 6.04 Å². The van der Waals surface area contributed by atoms with Crippen LogP contribution >= 0.6 is 0 Å². The molecule has 0 fully saturated rings. The second-order valence-electron chi connectivity index (χ2n) is 3.68. The van der Waals surface area contributed by atoms with Crippen LogP contribution in [0.15, 0.2) is 0 Å². The highest BCUT2D eigenvalue weighted by Crippen LogP contribution is 2.05. The molecule has 0 aromatic heterocycles. The summed E-state index contributed by atoms with van der Waals surface area (Å²) in [5.41, 5.74) is 4.71. The van der Waals surface area contributed by atoms with Crippen molar-refractivity contribution in [3.8, 4) is 0 Å². The highest BCUT2D eigenvalue weighted by atomic mass is 16.6. The van der Waals surface area contributed by atoms with Crippen molar-refractivity contribution in [2.75, 3.05) is 6.54 Å². The number of amides is 1. The Kier molecular flexibility index (Phi) is 4.40. The smallest absolute Gasteiger partial charge is 0.407 e. The lowest BCUT2D eigenvalue weighted by atomic mass is 10.2. The van der Waals surface area contributed by atoms with Crippen LogP contribution in [0.3, 0.4) is 0 Å². The Labute approximate surface area is 77.6 Å². The van der Waals surface area contributed by atoms with Gasteiger partial charge in [-0.1, -0.05) is 0 Å². The lowest BCUT2D eigenvalue weighted by Gasteiger charge is -2.19. The van der Waals surface area contributed by atoms with Crippen LogP contribution in [0.5, 0.6) is 0 Å². The summed E-state index contributed by atoms with van der Waals surface area (Å²) in [4.78, 5) is 21.1. The third kappa shape index (κ3) is 7.27. The van der Waals surface area contributed by atoms with E-state index >= 15 is 0 Å². The SMILES string of the molecule is CC(C)(C)OC(=O)NCC(N)C=O. The summed E-state index contributed by atoms with van der Waals surface area (Å²) in [5.74, 6) is 0. The van der Waals surface area contributed by atoms with E-state index in [1.807, 2.05) is 0 Å². The molecule has 0 saturated carbocycles. The van der Waals surface area contributed by atoms with Crippen molar-refractivity contribution in [2.24, 2.45) is 5.73 Å². The van der Waals surface area contributed by atoms with Crippen molar-refractivity contribution < 1.29 is 14.3 Å². The number of carbonyl (C=O) groups is 2. The summed E-state index contributed by atoms with van der Waals surface area (Å²) in [6, 6.07) is -0.674. The molecule has 0 aromatic rings. The van der Waals surface area contributed by atoms with E-state index in [0.29, 0.717) is 6.29 Å². The van der Waals surface area contributed by atoms with Gasteiger partial charge >= 0.3 is 6.09 Å². The number of nitrogens with two attached hydrogens (primary N) is 1. The second kappa shape index (κ2) is 4.81. The van der Waals surface area contributed by atoms with E-state index < -0.39 is 17.7 Å². The Hall–Kier alpha value is -1.10. The Morgan fingerprint density at radius 3 is 2.54 bits per heavy atom. The average molecular weight is 188 g/mol. The number of aldehydes is 1. The number of rotatable bonds is 3. The predicted molar refractivity (Wildman–Crippen MR) is 48.3 cm³/mol. The Bertz CT molecular complexity index is 186. The maximum absolute atomic E-state index is 11.0. The van der Waals surface area contributed by atoms with Gasteiger partial charge in [0.1, 0.15) is 11.9 Å². The van der Waals surface area contributed by atoms with Crippen molar-refractivity contribution in [3.05, 3.63) is 0 Å². The minimum Gasteiger partial charge on any atom is -0.444 e. The van der Waals surface area contributed by atoms with Crippen LogP contribution in [-0.4, -0.2) is 30.6 Å². The molecule has 0 aliphatic carbocycles. The number of alkyl carbamates (subject to hydrolysis) is 1. The van der Waals surface area contributed by atoms with Gasteiger partial charge in [-0.15, -0.1) is 0 Å². The summed E-state index contributed by atoms with van der Waals surface area (Å²) < 4.78 is 4.91. The van der Waals surface area contributed by atoms with Crippen LogP contribution in [0.4, 0.5) is 4.79 Å². The van der Waals surface area contributed by atoms with Crippen molar-refractivity contribution in [3.63, 3.8) is 0 Å². The summed E-state index contributed by atoms with van der Waals surface area (Å²) in [6.07, 6.45) is 0.00183. The zero-order chi connectivity index (χ0) is 10.5. The molecular weight excluding hydrogens is 172 g/mol. The summed E-state index contributed by atoms with van der Waals surface area (Å²) in [6.45, 7) is 5.36. The van der Waals surface area contributed by atoms with Crippen LogP contribution in [0.25, 0.3) is 0 Å². The first kappa shape index (κ1) is 11.9. The number of carbonyl (C=O) groups excluding carboxylic acids is 2. The second-order valence-corrected chi connectivity index (χ2v) is 3.68. The molecule has 0 heterocycles. The Balaban J connectivity index is 3.70. The number of hydrogen-bond acceptors (Lipinski definition) is 4. The lowest BCUT2D eigenvalue weighted by Crippen LogP contribution is -2.40. The van der Waals surface area contributed by atoms with E-state index in [1.54, 1.807) is 20.8 Å². The fourth-order valence-corrected chi connectivity index (χ4v) is 0.563. The van der Waals surface area contributed by atoms with E-state index in [4.69, 9.17) is 10.5 Å². The maximum Gasteiger partial charge on any atom is 0.407 e. The van der Waals surface area contributed by atoms with Gasteiger partial charge in [0, 0.05) is 6.54 Å². The van der Waals surface area contributed by atoms with E-state index in [1.165, 1.54) is 0 Å². The lowest BCUT2D eigenvalue weighted by molar-refractivity contribution is -0.108. The molecule has 3 N–H and O–H groups in total. The van der Waals surface area contributed by atoms with Crippen LogP contribution < -0.4 is 11.1 Å². The van der Waals surface area contributed by atoms with Crippen LogP contribution in [-0.2, 0) is 9.53 Å². The standard InChI is InChI=1S/C8H16N2O3/c1-8(2,3)13-7(12)10-4-6(9)5-11/h5-6H,4,9H2,1-3H3,(H,10,12). The molecule has 0 spiro atoms. The molecule has 5 nitrogen and oxygen atoms in total. The molecule has 1 atom stereocenters. The molecule has 0 saturated heterocycles. The highest BCUT2D eigenvalue weighted by molar-refractivity contribution is 5.68. The van der Waals surface area contributed by atoms with Gasteiger partial charge in [0.15, 0.2) is 0 Å². The molecule has 0 aromatic carbocycles. The van der Waals surface area contributed by atoms with Gasteiger partial charge in [-0.3, -0.25) is 0 Å². The van der Waals surface area contributed by atoms with Gasteiger partial charge in [-0.25, -0.2) is 4.79 Å². The topological polar surface area (TPSA) is 81.4 Å². The van der Waals surface area contributed by atoms with Gasteiger partial charge in [0.2, 0.25) is 0 Å². The third-order valence-electron chi connectivity index (χ3n) is 1.06. The molecule has 0 radical (unpaired) electrons. The molecule has 13 heavy (non-hydrogen) atoms. The monoisotopic (exact) mass is 188 g/mol. The first-order valence-electron chi connectivity index (χ1n) is 4.03. The van der Waals surface area contributed by atoms with Gasteiger partial charge in [-0.2, -0.15) is 0 Å². The summed E-state index contributed by atoms with van der Waals surface area (Å²) in [7, 11) is 0. The molecule has 1 amide bonds. The van der Waals surface area contributed by atoms with Gasteiger partial charge in [-0.05, 0) is 20.8 Å². The van der Waals surface area contributed by atoms with Crippen molar-refractivity contribution in [1.82, 2.24) is 5.32 Å². The number of ether oxygens (including phenoxy) is 1. The molecule has 0 aliphatic heterocycles. The van der Waals surface area contributed by atoms with Crippen molar-refractivity contribution >= 4 is 12.4 Å². The third-order valence-corrected chi connectivity index (χ3v) is 1.06. The first-order chi connectivity index (χ1) is 5.85. The molecule has 5 heteroatoms. The molecule has 0 rings (SSSR count). The van der Waals surface area contributed by atoms with Crippen molar-refractivity contribution in [1.29, 1.82) is 0 Å². The summed E-state index contributed by atoms with van der Waals surface area (Å²) >= 11 is 0. The molecule has 0 aliphatic rings. The molecule has 0 bridgehead atoms. The van der Waals surface area contributed by atoms with Gasteiger partial charge < -0.3 is 20.6 Å². The fourth-order valence-electron chi connectivity index (χ4n) is 0.563. The minimum atomic E-state index is -0.674. The molecule has 76 valence electrons. The summed E-state index contributed by atoms with van der Waals surface area (Å²) in [5, 5.41) is 2.37. The van der Waals surface area contributed by atoms with E-state index in [9.17, 15) is 9.59 Å². The average Bonchev–Trinajstić information content (AvgIpc) is 1.97. The van der Waals surface area contributed by atoms with Gasteiger partial charge in [0.25, 0.3) is 0 Å². The van der Waals surface area contributed by atoms with E-state index in [0.717, 1.165) is 0 Å². The normalized spacial score (nSPS) is 13.2. The largest absolute Gasteiger partial charge is 0.444 e. The van der Waals surface area contributed by atoms with Crippen LogP contribution in [0, 0.1) is 0 Å². The maximum atomic E-state index is 11.0. The van der Waals surface area contributed by atoms with Crippen LogP contribution in [0.1, 0.15) is 20.8 Å². The van der Waals surface area contributed by atoms with Crippen molar-refractivity contribution in [2.45, 2.75) is 32.4 Å². The highest BCUT2D eigenvalue weighted by Gasteiger charge is 2.16. The molecule has 1 unspecified atom stereocenters. The fraction of sp³-hybridized carbons (Fsp3) is 0.750. The first-order valence-corrected chi connectivity index (χ1v) is 4.03. The quantitative estimate of drug-likeness (QED) is 0.612.